The number of unbranched alkanes of at least 4 members (excludes halogenated alkanes) is 2. The Morgan fingerprint density at radius 1 is 1.03 bits per heavy atom. The maximum Gasteiger partial charge on any atom is 0.264 e. The highest BCUT2D eigenvalue weighted by molar-refractivity contribution is 7.33. The lowest BCUT2D eigenvalue weighted by Gasteiger charge is -2.25. The highest BCUT2D eigenvalue weighted by atomic mass is 32.2. The van der Waals surface area contributed by atoms with Crippen LogP contribution in [0.1, 0.15) is 41.6 Å². The summed E-state index contributed by atoms with van der Waals surface area (Å²) in [5.74, 6) is 1.73. The first-order valence-electron chi connectivity index (χ1n) is 13.6. The molecule has 0 spiro atoms. The second-order valence-corrected chi connectivity index (χ2v) is 11.3. The highest BCUT2D eigenvalue weighted by Crippen LogP contribution is 2.37. The van der Waals surface area contributed by atoms with Gasteiger partial charge >= 0.3 is 0 Å². The van der Waals surface area contributed by atoms with E-state index in [2.05, 4.69) is 33.8 Å². The van der Waals surface area contributed by atoms with Gasteiger partial charge in [-0.2, -0.15) is 4.98 Å². The molecule has 4 rings (SSSR count). The smallest absolute Gasteiger partial charge is 0.264 e. The predicted molar refractivity (Wildman–Crippen MR) is 157 cm³/mol. The van der Waals surface area contributed by atoms with Crippen molar-refractivity contribution in [1.82, 2.24) is 9.88 Å². The summed E-state index contributed by atoms with van der Waals surface area (Å²) < 4.78 is 20.8. The second kappa shape index (κ2) is 14.8. The zero-order valence-corrected chi connectivity index (χ0v) is 23.7. The van der Waals surface area contributed by atoms with E-state index in [9.17, 15) is 0 Å². The topological polar surface area (TPSA) is 114 Å². The summed E-state index contributed by atoms with van der Waals surface area (Å²) in [7, 11) is 1.90. The van der Waals surface area contributed by atoms with E-state index in [1.165, 1.54) is 9.88 Å². The quantitative estimate of drug-likeness (QED) is 0.0651. The Hall–Kier alpha value is -3.18. The van der Waals surface area contributed by atoms with E-state index in [1.807, 2.05) is 31.3 Å². The number of aromatic nitrogens is 1. The first-order chi connectivity index (χ1) is 19.1. The molecule has 210 valence electrons. The van der Waals surface area contributed by atoms with Crippen LogP contribution >= 0.6 is 10.7 Å². The second-order valence-electron chi connectivity index (χ2n) is 9.32. The number of rotatable bonds is 14. The van der Waals surface area contributed by atoms with Crippen LogP contribution in [0.2, 0.25) is 0 Å². The number of nitrogens with two attached hydrogens (primary N) is 1. The molecule has 0 aliphatic carbocycles. The number of morpholine rings is 1. The van der Waals surface area contributed by atoms with Gasteiger partial charge in [0.25, 0.3) is 5.01 Å². The van der Waals surface area contributed by atoms with E-state index in [0.29, 0.717) is 18.8 Å². The minimum Gasteiger partial charge on any atom is -0.494 e. The van der Waals surface area contributed by atoms with Gasteiger partial charge in [-0.05, 0) is 67.8 Å². The molecule has 2 heterocycles. The van der Waals surface area contributed by atoms with Crippen LogP contribution in [0, 0.1) is 0 Å². The van der Waals surface area contributed by atoms with Crippen LogP contribution in [-0.4, -0.2) is 67.5 Å². The highest BCUT2D eigenvalue weighted by Gasteiger charge is 2.30. The van der Waals surface area contributed by atoms with Gasteiger partial charge < -0.3 is 25.2 Å². The molecule has 0 radical (unpaired) electrons. The molecule has 1 atom stereocenters. The monoisotopic (exact) mass is 554 g/mol. The molecule has 1 aromatic heterocycles. The van der Waals surface area contributed by atoms with Gasteiger partial charge in [-0.3, -0.25) is 4.90 Å². The molecule has 1 saturated heterocycles. The van der Waals surface area contributed by atoms with E-state index in [-0.39, 0.29) is 16.5 Å². The summed E-state index contributed by atoms with van der Waals surface area (Å²) in [4.78, 5) is 8.89. The Balaban J connectivity index is 1.24. The van der Waals surface area contributed by atoms with Crippen molar-refractivity contribution >= 4 is 16.5 Å². The molecule has 0 amide bonds. The third-order valence-electron chi connectivity index (χ3n) is 6.67. The number of nitrogens with one attached hydrogen (secondary N) is 1. The van der Waals surface area contributed by atoms with E-state index in [1.54, 1.807) is 12.1 Å². The standard InChI is InChI=1S/C29H39N5O4S/c1-3-27-32-28(26(39(27)31-2)21-34-15-19-36-20-16-34)22-7-11-24(12-8-22)37-17-5-4-6-18-38-25-13-9-23(10-14-25)29(30)33-35/h7-14,31H,3-6,15-21H2,1-2H3,(H2-,30,33,35)/p+1. The van der Waals surface area contributed by atoms with Gasteiger partial charge in [-0.25, -0.2) is 0 Å². The minimum absolute atomic E-state index is 0.0854. The molecular formula is C29H40N5O4S+. The number of nitrogens with zero attached hydrogens (tertiary/aromatic N) is 3. The van der Waals surface area contributed by atoms with Crippen LogP contribution in [0.3, 0.4) is 0 Å². The van der Waals surface area contributed by atoms with Crippen molar-refractivity contribution in [3.63, 3.8) is 0 Å². The predicted octanol–water partition coefficient (Wildman–Crippen LogP) is 4.79. The molecule has 1 unspecified atom stereocenters. The zero-order valence-electron chi connectivity index (χ0n) is 22.9. The van der Waals surface area contributed by atoms with Gasteiger partial charge in [0.1, 0.15) is 17.2 Å². The number of benzene rings is 2. The summed E-state index contributed by atoms with van der Waals surface area (Å²) in [6.45, 7) is 7.90. The number of aryl methyl sites for hydroxylation is 1. The fourth-order valence-electron chi connectivity index (χ4n) is 4.51. The Morgan fingerprint density at radius 3 is 2.21 bits per heavy atom. The fraction of sp³-hybridized carbons (Fsp3) is 0.448. The first-order valence-corrected chi connectivity index (χ1v) is 14.8. The summed E-state index contributed by atoms with van der Waals surface area (Å²) in [5.41, 5.74) is 8.47. The number of thiazole rings is 1. The summed E-state index contributed by atoms with van der Waals surface area (Å²) >= 11 is 0. The van der Waals surface area contributed by atoms with Crippen LogP contribution in [0.4, 0.5) is 0 Å². The molecule has 0 saturated carbocycles. The molecule has 0 bridgehead atoms. The third-order valence-corrected chi connectivity index (χ3v) is 8.75. The molecule has 4 N–H and O–H groups in total. The van der Waals surface area contributed by atoms with Crippen molar-refractivity contribution in [2.75, 3.05) is 51.3 Å². The van der Waals surface area contributed by atoms with Crippen LogP contribution in [0.15, 0.2) is 53.7 Å². The molecule has 3 aromatic rings. The van der Waals surface area contributed by atoms with Gasteiger partial charge in [-0.1, -0.05) is 12.1 Å². The largest absolute Gasteiger partial charge is 0.494 e. The average molecular weight is 555 g/mol. The van der Waals surface area contributed by atoms with Crippen molar-refractivity contribution in [3.8, 4) is 22.8 Å². The molecule has 1 fully saturated rings. The fourth-order valence-corrected chi connectivity index (χ4v) is 6.42. The number of hydrogen-bond acceptors (Lipinski definition) is 8. The SMILES string of the molecule is CCc1nc(-c2ccc(OCCCCCOc3ccc(C(N)=NO)cc3)cc2)c(CN2CCOCC2)[s+]1NC. The zero-order chi connectivity index (χ0) is 27.5. The van der Waals surface area contributed by atoms with Gasteiger partial charge in [0.15, 0.2) is 5.84 Å². The van der Waals surface area contributed by atoms with E-state index in [0.717, 1.165) is 81.3 Å². The van der Waals surface area contributed by atoms with Crippen molar-refractivity contribution < 1.29 is 19.4 Å². The Labute approximate surface area is 233 Å². The maximum absolute atomic E-state index is 8.73. The molecule has 39 heavy (non-hydrogen) atoms. The van der Waals surface area contributed by atoms with Crippen LogP contribution in [0.5, 0.6) is 11.5 Å². The molecule has 1 aliphatic rings. The summed E-state index contributed by atoms with van der Waals surface area (Å²) in [6.07, 6.45) is 3.85. The van der Waals surface area contributed by atoms with Crippen molar-refractivity contribution in [2.24, 2.45) is 10.9 Å². The number of hydrogen-bond donors (Lipinski definition) is 3. The molecule has 9 nitrogen and oxygen atoms in total. The van der Waals surface area contributed by atoms with Gasteiger partial charge in [0.05, 0.1) is 43.6 Å². The number of ether oxygens (including phenoxy) is 3. The molecular weight excluding hydrogens is 514 g/mol. The Kier molecular flexibility index (Phi) is 11.0. The number of amidine groups is 1. The van der Waals surface area contributed by atoms with Gasteiger partial charge in [0.2, 0.25) is 4.88 Å². The van der Waals surface area contributed by atoms with Gasteiger partial charge in [0, 0.05) is 37.7 Å². The van der Waals surface area contributed by atoms with Crippen LogP contribution in [-0.2, 0) is 17.7 Å². The average Bonchev–Trinajstić information content (AvgIpc) is 3.34. The normalized spacial score (nSPS) is 14.9. The Morgan fingerprint density at radius 2 is 1.64 bits per heavy atom. The summed E-state index contributed by atoms with van der Waals surface area (Å²) in [6, 6.07) is 15.5. The molecule has 1 aliphatic heterocycles. The van der Waals surface area contributed by atoms with E-state index < -0.39 is 0 Å². The number of oxime groups is 1. The van der Waals surface area contributed by atoms with E-state index in [4.69, 9.17) is 30.1 Å². The van der Waals surface area contributed by atoms with Crippen molar-refractivity contribution in [1.29, 1.82) is 0 Å². The van der Waals surface area contributed by atoms with Crippen molar-refractivity contribution in [3.05, 3.63) is 64.0 Å². The van der Waals surface area contributed by atoms with Crippen molar-refractivity contribution in [2.45, 2.75) is 39.2 Å². The lowest BCUT2D eigenvalue weighted by atomic mass is 10.1. The maximum atomic E-state index is 8.73. The van der Waals surface area contributed by atoms with Crippen LogP contribution < -0.4 is 19.9 Å². The Bertz CT molecular complexity index is 1190. The van der Waals surface area contributed by atoms with E-state index >= 15 is 0 Å². The minimum atomic E-state index is -0.136. The lowest BCUT2D eigenvalue weighted by molar-refractivity contribution is 0.0346. The summed E-state index contributed by atoms with van der Waals surface area (Å²) in [5, 5.41) is 13.0. The molecule has 2 aromatic carbocycles. The van der Waals surface area contributed by atoms with Gasteiger partial charge in [-0.15, -0.1) is 4.72 Å². The molecule has 10 heteroatoms. The first kappa shape index (κ1) is 28.8. The third kappa shape index (κ3) is 7.92. The lowest BCUT2D eigenvalue weighted by Crippen LogP contribution is -2.35. The van der Waals surface area contributed by atoms with Crippen LogP contribution in [0.25, 0.3) is 11.3 Å².